The van der Waals surface area contributed by atoms with Gasteiger partial charge < -0.3 is 15.0 Å². The molecule has 186 valence electrons. The molecule has 3 aromatic rings. The maximum absolute atomic E-state index is 14.8. The molecule has 6 rings (SSSR count). The Labute approximate surface area is 208 Å². The molecular weight excluding hydrogens is 525 g/mol. The van der Waals surface area contributed by atoms with Gasteiger partial charge in [0, 0.05) is 17.3 Å². The third kappa shape index (κ3) is 4.04. The summed E-state index contributed by atoms with van der Waals surface area (Å²) in [6.45, 7) is 3.36. The molecule has 0 spiro atoms. The van der Waals surface area contributed by atoms with Crippen molar-refractivity contribution < 1.29 is 18.3 Å². The fraction of sp³-hybridized carbons (Fsp3) is 0.480. The predicted octanol–water partition coefficient (Wildman–Crippen LogP) is 5.91. The molecule has 0 unspecified atom stereocenters. The molecule has 2 aromatic heterocycles. The number of aromatic nitrogens is 3. The molecule has 2 bridgehead atoms. The Hall–Kier alpha value is -2.46. The first-order valence-corrected chi connectivity index (χ1v) is 12.5. The van der Waals surface area contributed by atoms with Gasteiger partial charge in [-0.15, -0.1) is 0 Å². The van der Waals surface area contributed by atoms with Crippen LogP contribution in [-0.2, 0) is 5.54 Å². The molecule has 3 fully saturated rings. The Morgan fingerprint density at radius 2 is 1.74 bits per heavy atom. The Bertz CT molecular complexity index is 1350. The van der Waals surface area contributed by atoms with Gasteiger partial charge in [-0.3, -0.25) is 4.79 Å². The summed E-state index contributed by atoms with van der Waals surface area (Å²) in [5.41, 5.74) is -1.36. The van der Waals surface area contributed by atoms with Gasteiger partial charge in [0.05, 0.1) is 28.1 Å². The summed E-state index contributed by atoms with van der Waals surface area (Å²) in [6.07, 6.45) is 2.83. The number of rotatable bonds is 5. The topological polar surface area (TPSA) is 80.0 Å². The maximum atomic E-state index is 14.8. The van der Waals surface area contributed by atoms with Crippen LogP contribution in [0, 0.1) is 12.7 Å². The van der Waals surface area contributed by atoms with E-state index in [-0.39, 0.29) is 11.1 Å². The number of benzene rings is 1. The highest BCUT2D eigenvalue weighted by Crippen LogP contribution is 2.50. The van der Waals surface area contributed by atoms with Crippen LogP contribution in [-0.4, -0.2) is 25.2 Å². The van der Waals surface area contributed by atoms with E-state index in [1.54, 1.807) is 24.6 Å². The van der Waals surface area contributed by atoms with Crippen LogP contribution in [0.5, 0.6) is 0 Å². The first kappa shape index (κ1) is 24.2. The van der Waals surface area contributed by atoms with Gasteiger partial charge in [-0.25, -0.2) is 23.1 Å². The van der Waals surface area contributed by atoms with Crippen molar-refractivity contribution in [1.82, 2.24) is 14.5 Å². The van der Waals surface area contributed by atoms with Gasteiger partial charge in [0.15, 0.2) is 0 Å². The number of fused-ring (bicyclic) bond motifs is 4. The molecule has 3 aliphatic carbocycles. The van der Waals surface area contributed by atoms with Crippen molar-refractivity contribution in [2.24, 2.45) is 0 Å². The van der Waals surface area contributed by atoms with E-state index in [1.165, 1.54) is 12.1 Å². The quantitative estimate of drug-likeness (QED) is 0.413. The number of halogens is 4. The highest BCUT2D eigenvalue weighted by molar-refractivity contribution is 9.10. The highest BCUT2D eigenvalue weighted by Gasteiger charge is 2.49. The van der Waals surface area contributed by atoms with Crippen molar-refractivity contribution in [2.45, 2.75) is 76.0 Å². The van der Waals surface area contributed by atoms with E-state index in [4.69, 9.17) is 0 Å². The first-order chi connectivity index (χ1) is 16.5. The Morgan fingerprint density at radius 1 is 1.11 bits per heavy atom. The number of hydrogen-bond donors (Lipinski definition) is 2. The third-order valence-corrected chi connectivity index (χ3v) is 8.44. The lowest BCUT2D eigenvalue weighted by molar-refractivity contribution is -0.0865. The lowest BCUT2D eigenvalue weighted by atomic mass is 9.63. The second-order valence-corrected chi connectivity index (χ2v) is 10.7. The van der Waals surface area contributed by atoms with Crippen LogP contribution in [0.4, 0.5) is 19.0 Å². The highest BCUT2D eigenvalue weighted by atomic mass is 79.9. The Balaban J connectivity index is 1.61. The summed E-state index contributed by atoms with van der Waals surface area (Å²) < 4.78 is 43.3. The number of hydrogen-bond acceptors (Lipinski definition) is 5. The maximum Gasteiger partial charge on any atom is 0.267 e. The zero-order valence-corrected chi connectivity index (χ0v) is 21.0. The average Bonchev–Trinajstić information content (AvgIpc) is 2.82. The summed E-state index contributed by atoms with van der Waals surface area (Å²) in [7, 11) is 0. The van der Waals surface area contributed by atoms with Gasteiger partial charge in [-0.1, -0.05) is 18.2 Å². The molecule has 0 saturated heterocycles. The molecule has 1 aromatic carbocycles. The van der Waals surface area contributed by atoms with E-state index in [0.717, 1.165) is 6.07 Å². The fourth-order valence-electron chi connectivity index (χ4n) is 5.59. The lowest BCUT2D eigenvalue weighted by Gasteiger charge is -2.51. The Morgan fingerprint density at radius 3 is 2.37 bits per heavy atom. The van der Waals surface area contributed by atoms with Gasteiger partial charge >= 0.3 is 0 Å². The predicted molar refractivity (Wildman–Crippen MR) is 130 cm³/mol. The minimum atomic E-state index is -2.92. The normalized spacial score (nSPS) is 24.8. The lowest BCUT2D eigenvalue weighted by Crippen LogP contribution is -2.53. The largest absolute Gasteiger partial charge is 0.390 e. The van der Waals surface area contributed by atoms with Crippen molar-refractivity contribution >= 4 is 32.7 Å². The smallest absolute Gasteiger partial charge is 0.267 e. The summed E-state index contributed by atoms with van der Waals surface area (Å²) >= 11 is 3.45. The monoisotopic (exact) mass is 550 g/mol. The first-order valence-electron chi connectivity index (χ1n) is 11.7. The molecule has 3 aliphatic rings. The van der Waals surface area contributed by atoms with Crippen LogP contribution in [0.25, 0.3) is 10.9 Å². The summed E-state index contributed by atoms with van der Waals surface area (Å²) in [5, 5.41) is 14.4. The second-order valence-electron chi connectivity index (χ2n) is 9.87. The minimum absolute atomic E-state index is 0.0945. The van der Waals surface area contributed by atoms with Crippen LogP contribution in [0.2, 0.25) is 0 Å². The van der Waals surface area contributed by atoms with Crippen molar-refractivity contribution in [1.29, 1.82) is 0 Å². The van der Waals surface area contributed by atoms with Crippen molar-refractivity contribution in [3.8, 4) is 0 Å². The third-order valence-electron chi connectivity index (χ3n) is 7.72. The van der Waals surface area contributed by atoms with E-state index >= 15 is 0 Å². The van der Waals surface area contributed by atoms with E-state index < -0.39 is 35.0 Å². The van der Waals surface area contributed by atoms with E-state index in [2.05, 4.69) is 31.2 Å². The van der Waals surface area contributed by atoms with E-state index in [0.29, 0.717) is 65.5 Å². The van der Waals surface area contributed by atoms with Crippen molar-refractivity contribution in [3.63, 3.8) is 0 Å². The molecule has 0 aliphatic heterocycles. The molecule has 1 atom stereocenters. The number of nitrogens with zero attached hydrogens (tertiary/aromatic N) is 3. The second kappa shape index (κ2) is 8.58. The molecule has 0 radical (unpaired) electrons. The van der Waals surface area contributed by atoms with Crippen LogP contribution in [0.15, 0.2) is 33.7 Å². The van der Waals surface area contributed by atoms with Crippen LogP contribution in [0.3, 0.4) is 0 Å². The number of aliphatic hydroxyl groups is 1. The number of aryl methyl sites for hydroxylation is 1. The number of nitrogens with one attached hydrogen (secondary N) is 1. The van der Waals surface area contributed by atoms with E-state index in [9.17, 15) is 23.1 Å². The molecule has 3 saturated carbocycles. The van der Waals surface area contributed by atoms with Crippen LogP contribution >= 0.6 is 15.9 Å². The van der Waals surface area contributed by atoms with Gasteiger partial charge in [0.2, 0.25) is 0 Å². The number of anilines is 1. The average molecular weight is 551 g/mol. The molecule has 6 nitrogen and oxygen atoms in total. The van der Waals surface area contributed by atoms with Crippen LogP contribution in [0.1, 0.15) is 74.9 Å². The molecule has 0 amide bonds. The van der Waals surface area contributed by atoms with Crippen molar-refractivity contribution in [2.75, 3.05) is 5.32 Å². The van der Waals surface area contributed by atoms with Gasteiger partial charge in [-0.2, -0.15) is 0 Å². The minimum Gasteiger partial charge on any atom is -0.390 e. The SMILES string of the molecule is Cc1nc(N[C@H](C)c2cccc(C(F)F)c2F)c2cn(C34CCC(O)(CC3)CC4)c(=O)c(Br)c2n1. The molecule has 2 N–H and O–H groups in total. The molecule has 2 heterocycles. The van der Waals surface area contributed by atoms with Gasteiger partial charge in [0.25, 0.3) is 12.0 Å². The van der Waals surface area contributed by atoms with E-state index in [1.807, 2.05) is 0 Å². The molecule has 10 heteroatoms. The number of alkyl halides is 2. The summed E-state index contributed by atoms with van der Waals surface area (Å²) in [5.74, 6) is -0.160. The Kier molecular flexibility index (Phi) is 5.95. The number of pyridine rings is 1. The van der Waals surface area contributed by atoms with Crippen molar-refractivity contribution in [3.05, 3.63) is 62.0 Å². The molecular formula is C25H26BrF3N4O2. The van der Waals surface area contributed by atoms with Gasteiger partial charge in [0.1, 0.15) is 21.9 Å². The van der Waals surface area contributed by atoms with Gasteiger partial charge in [-0.05, 0) is 68.3 Å². The van der Waals surface area contributed by atoms with Crippen LogP contribution < -0.4 is 10.9 Å². The summed E-state index contributed by atoms with van der Waals surface area (Å²) in [6, 6.07) is 3.26. The standard InChI is InChI=1S/C25H26BrF3N4O2/c1-13(15-4-3-5-16(19(15)27)21(28)29)30-22-17-12-33(23(34)18(26)20(17)31-14(2)32-22)24-6-9-25(35,10-7-24)11-8-24/h3-5,12-13,21,35H,6-11H2,1-2H3,(H,30,31,32)/t13-,24?,25?/m1/s1. The molecule has 35 heavy (non-hydrogen) atoms. The fourth-order valence-corrected chi connectivity index (χ4v) is 6.08. The zero-order chi connectivity index (χ0) is 25.1. The zero-order valence-electron chi connectivity index (χ0n) is 19.4. The summed E-state index contributed by atoms with van der Waals surface area (Å²) in [4.78, 5) is 22.4.